The summed E-state index contributed by atoms with van der Waals surface area (Å²) >= 11 is 1.21. The number of methoxy groups -OCH3 is 1. The third-order valence-corrected chi connectivity index (χ3v) is 5.52. The van der Waals surface area contributed by atoms with Gasteiger partial charge in [-0.3, -0.25) is 9.59 Å². The summed E-state index contributed by atoms with van der Waals surface area (Å²) in [5.41, 5.74) is -1.29. The van der Waals surface area contributed by atoms with Gasteiger partial charge in [0.15, 0.2) is 5.78 Å². The van der Waals surface area contributed by atoms with Crippen molar-refractivity contribution < 1.29 is 29.0 Å². The molecule has 2 rings (SSSR count). The second-order valence-electron chi connectivity index (χ2n) is 6.06. The Morgan fingerprint density at radius 3 is 2.54 bits per heavy atom. The standard InChI is InChI=1S/C18H23NO6S/c1-4-25-17(22)13-10-26-14(16(21)19-13)9-15(20)18(2,23)11-5-7-12(24-3)8-6-11/h5-8,13-14,23H,4,9-10H2,1-3H3,(H,19,21)/t13-,14-,18+/m0/s1. The van der Waals surface area contributed by atoms with E-state index in [1.54, 1.807) is 31.2 Å². The smallest absolute Gasteiger partial charge is 0.329 e. The molecule has 0 radical (unpaired) electrons. The van der Waals surface area contributed by atoms with Gasteiger partial charge in [0.1, 0.15) is 17.4 Å². The lowest BCUT2D eigenvalue weighted by Gasteiger charge is -2.29. The van der Waals surface area contributed by atoms with Gasteiger partial charge in [-0.1, -0.05) is 12.1 Å². The molecular weight excluding hydrogens is 358 g/mol. The summed E-state index contributed by atoms with van der Waals surface area (Å²) in [6.45, 7) is 3.34. The molecule has 0 unspecified atom stereocenters. The molecule has 0 spiro atoms. The van der Waals surface area contributed by atoms with Crippen molar-refractivity contribution in [3.8, 4) is 5.75 Å². The van der Waals surface area contributed by atoms with Crippen LogP contribution in [0.15, 0.2) is 24.3 Å². The number of aliphatic hydroxyl groups is 1. The van der Waals surface area contributed by atoms with Crippen LogP contribution in [-0.2, 0) is 24.7 Å². The van der Waals surface area contributed by atoms with Gasteiger partial charge in [-0.15, -0.1) is 11.8 Å². The second-order valence-corrected chi connectivity index (χ2v) is 7.30. The highest BCUT2D eigenvalue weighted by molar-refractivity contribution is 8.00. The van der Waals surface area contributed by atoms with E-state index in [0.717, 1.165) is 0 Å². The molecular formula is C18H23NO6S. The average molecular weight is 381 g/mol. The Labute approximate surface area is 156 Å². The minimum atomic E-state index is -1.72. The normalized spacial score (nSPS) is 22.1. The first kappa shape index (κ1) is 20.3. The minimum absolute atomic E-state index is 0.134. The summed E-state index contributed by atoms with van der Waals surface area (Å²) in [6, 6.07) is 5.83. The molecule has 8 heteroatoms. The Morgan fingerprint density at radius 1 is 1.35 bits per heavy atom. The zero-order valence-electron chi connectivity index (χ0n) is 15.0. The third kappa shape index (κ3) is 4.56. The lowest BCUT2D eigenvalue weighted by Crippen LogP contribution is -2.52. The number of Topliss-reactive ketones (excluding diaryl/α,β-unsaturated/α-hetero) is 1. The van der Waals surface area contributed by atoms with Gasteiger partial charge in [-0.05, 0) is 31.5 Å². The SMILES string of the molecule is CCOC(=O)[C@@H]1CS[C@@H](CC(=O)[C@](C)(O)c2ccc(OC)cc2)C(=O)N1. The van der Waals surface area contributed by atoms with Crippen molar-refractivity contribution in [2.45, 2.75) is 37.2 Å². The molecule has 1 aromatic rings. The average Bonchev–Trinajstić information content (AvgIpc) is 2.63. The van der Waals surface area contributed by atoms with Crippen molar-refractivity contribution in [2.24, 2.45) is 0 Å². The zero-order chi connectivity index (χ0) is 19.3. The fourth-order valence-corrected chi connectivity index (χ4v) is 3.69. The molecule has 1 saturated heterocycles. The number of ketones is 1. The number of amides is 1. The van der Waals surface area contributed by atoms with Gasteiger partial charge in [-0.2, -0.15) is 0 Å². The molecule has 0 aliphatic carbocycles. The molecule has 1 aliphatic heterocycles. The maximum absolute atomic E-state index is 12.6. The number of hydrogen-bond donors (Lipinski definition) is 2. The molecule has 1 fully saturated rings. The summed E-state index contributed by atoms with van der Waals surface area (Å²) in [6.07, 6.45) is -0.134. The number of nitrogens with one attached hydrogen (secondary N) is 1. The molecule has 142 valence electrons. The Balaban J connectivity index is 2.00. The van der Waals surface area contributed by atoms with E-state index in [4.69, 9.17) is 9.47 Å². The molecule has 1 aliphatic rings. The van der Waals surface area contributed by atoms with Crippen LogP contribution in [0.1, 0.15) is 25.8 Å². The van der Waals surface area contributed by atoms with E-state index in [9.17, 15) is 19.5 Å². The molecule has 0 bridgehead atoms. The first-order chi connectivity index (χ1) is 12.3. The maximum atomic E-state index is 12.6. The highest BCUT2D eigenvalue weighted by atomic mass is 32.2. The Bertz CT molecular complexity index is 673. The molecule has 0 saturated carbocycles. The lowest BCUT2D eigenvalue weighted by molar-refractivity contribution is -0.147. The predicted molar refractivity (Wildman–Crippen MR) is 97.0 cm³/mol. The van der Waals surface area contributed by atoms with E-state index < -0.39 is 34.6 Å². The van der Waals surface area contributed by atoms with Crippen molar-refractivity contribution >= 4 is 29.4 Å². The van der Waals surface area contributed by atoms with Gasteiger partial charge in [0, 0.05) is 12.2 Å². The molecule has 1 heterocycles. The van der Waals surface area contributed by atoms with Gasteiger partial charge in [0.05, 0.1) is 19.0 Å². The first-order valence-corrected chi connectivity index (χ1v) is 9.33. The van der Waals surface area contributed by atoms with E-state index in [0.29, 0.717) is 17.1 Å². The van der Waals surface area contributed by atoms with Crippen LogP contribution in [-0.4, -0.2) is 53.5 Å². The van der Waals surface area contributed by atoms with Crippen molar-refractivity contribution in [2.75, 3.05) is 19.5 Å². The van der Waals surface area contributed by atoms with Gasteiger partial charge in [0.25, 0.3) is 0 Å². The van der Waals surface area contributed by atoms with Crippen molar-refractivity contribution in [1.82, 2.24) is 5.32 Å². The molecule has 1 amide bonds. The van der Waals surface area contributed by atoms with E-state index >= 15 is 0 Å². The number of thioether (sulfide) groups is 1. The van der Waals surface area contributed by atoms with Crippen molar-refractivity contribution in [3.63, 3.8) is 0 Å². The number of benzene rings is 1. The fraction of sp³-hybridized carbons (Fsp3) is 0.500. The second kappa shape index (κ2) is 8.55. The number of hydrogen-bond acceptors (Lipinski definition) is 7. The summed E-state index contributed by atoms with van der Waals surface area (Å²) in [5.74, 6) is -0.414. The van der Waals surface area contributed by atoms with Gasteiger partial charge in [-0.25, -0.2) is 4.79 Å². The van der Waals surface area contributed by atoms with Crippen LogP contribution in [0.3, 0.4) is 0 Å². The van der Waals surface area contributed by atoms with Crippen LogP contribution in [0, 0.1) is 0 Å². The minimum Gasteiger partial charge on any atom is -0.497 e. The maximum Gasteiger partial charge on any atom is 0.329 e. The van der Waals surface area contributed by atoms with Crippen molar-refractivity contribution in [3.05, 3.63) is 29.8 Å². The monoisotopic (exact) mass is 381 g/mol. The van der Waals surface area contributed by atoms with E-state index in [-0.39, 0.29) is 13.0 Å². The number of rotatable bonds is 7. The Hall–Kier alpha value is -2.06. The first-order valence-electron chi connectivity index (χ1n) is 8.28. The van der Waals surface area contributed by atoms with Gasteiger partial charge < -0.3 is 19.9 Å². The molecule has 2 N–H and O–H groups in total. The predicted octanol–water partition coefficient (Wildman–Crippen LogP) is 1.03. The molecule has 7 nitrogen and oxygen atoms in total. The molecule has 26 heavy (non-hydrogen) atoms. The van der Waals surface area contributed by atoms with Crippen molar-refractivity contribution in [1.29, 1.82) is 0 Å². The van der Waals surface area contributed by atoms with E-state index in [2.05, 4.69) is 5.32 Å². The summed E-state index contributed by atoms with van der Waals surface area (Å²) in [7, 11) is 1.53. The topological polar surface area (TPSA) is 102 Å². The van der Waals surface area contributed by atoms with Crippen LogP contribution in [0.5, 0.6) is 5.75 Å². The number of carbonyl (C=O) groups excluding carboxylic acids is 3. The lowest BCUT2D eigenvalue weighted by atomic mass is 9.89. The summed E-state index contributed by atoms with van der Waals surface area (Å²) in [5, 5.41) is 12.6. The molecule has 3 atom stereocenters. The highest BCUT2D eigenvalue weighted by Crippen LogP contribution is 2.29. The van der Waals surface area contributed by atoms with Crippen LogP contribution in [0.4, 0.5) is 0 Å². The summed E-state index contributed by atoms with van der Waals surface area (Å²) < 4.78 is 9.96. The quantitative estimate of drug-likeness (QED) is 0.680. The van der Waals surface area contributed by atoms with Crippen LogP contribution in [0.2, 0.25) is 0 Å². The van der Waals surface area contributed by atoms with Gasteiger partial charge in [0.2, 0.25) is 5.91 Å². The summed E-state index contributed by atoms with van der Waals surface area (Å²) in [4.78, 5) is 36.5. The fourth-order valence-electron chi connectivity index (χ4n) is 2.56. The molecule has 1 aromatic carbocycles. The van der Waals surface area contributed by atoms with Crippen LogP contribution >= 0.6 is 11.8 Å². The molecule has 0 aromatic heterocycles. The number of carbonyl (C=O) groups is 3. The Morgan fingerprint density at radius 2 is 2.00 bits per heavy atom. The van der Waals surface area contributed by atoms with E-state index in [1.165, 1.54) is 25.8 Å². The van der Waals surface area contributed by atoms with Crippen LogP contribution < -0.4 is 10.1 Å². The Kier molecular flexibility index (Phi) is 6.66. The highest BCUT2D eigenvalue weighted by Gasteiger charge is 2.39. The number of ether oxygens (including phenoxy) is 2. The number of esters is 1. The van der Waals surface area contributed by atoms with Gasteiger partial charge >= 0.3 is 5.97 Å². The van der Waals surface area contributed by atoms with E-state index in [1.807, 2.05) is 0 Å². The zero-order valence-corrected chi connectivity index (χ0v) is 15.8. The van der Waals surface area contributed by atoms with Crippen LogP contribution in [0.25, 0.3) is 0 Å². The third-order valence-electron chi connectivity index (χ3n) is 4.21. The largest absolute Gasteiger partial charge is 0.497 e.